The van der Waals surface area contributed by atoms with Crippen molar-refractivity contribution in [3.8, 4) is 0 Å². The number of nitrogens with one attached hydrogen (secondary N) is 1. The van der Waals surface area contributed by atoms with Crippen molar-refractivity contribution in [2.75, 3.05) is 24.3 Å². The summed E-state index contributed by atoms with van der Waals surface area (Å²) in [4.78, 5) is 6.58. The summed E-state index contributed by atoms with van der Waals surface area (Å²) in [6, 6.07) is 6.43. The third-order valence-electron chi connectivity index (χ3n) is 2.83. The Kier molecular flexibility index (Phi) is 3.87. The van der Waals surface area contributed by atoms with Crippen molar-refractivity contribution in [1.29, 1.82) is 0 Å². The van der Waals surface area contributed by atoms with Gasteiger partial charge < -0.3 is 10.2 Å². The summed E-state index contributed by atoms with van der Waals surface area (Å²) in [6.45, 7) is 4.94. The molecule has 0 saturated carbocycles. The largest absolute Gasteiger partial charge is 0.379 e. The molecule has 3 nitrogen and oxygen atoms in total. The van der Waals surface area contributed by atoms with E-state index in [0.717, 1.165) is 22.9 Å². The number of benzene rings is 1. The summed E-state index contributed by atoms with van der Waals surface area (Å²) >= 11 is 1.69. The third kappa shape index (κ3) is 3.01. The smallest absolute Gasteiger partial charge is 0.0898 e. The maximum Gasteiger partial charge on any atom is 0.0898 e. The van der Waals surface area contributed by atoms with Gasteiger partial charge in [-0.1, -0.05) is 6.07 Å². The standard InChI is InChI=1S/C14H19N3S/c1-10-5-6-12(7-14(10)17(3)4)15-8-13-9-18-11(2)16-13/h5-7,9,15H,8H2,1-4H3. The lowest BCUT2D eigenvalue weighted by Gasteiger charge is -2.17. The van der Waals surface area contributed by atoms with Crippen LogP contribution in [-0.4, -0.2) is 19.1 Å². The van der Waals surface area contributed by atoms with Crippen molar-refractivity contribution in [2.24, 2.45) is 0 Å². The van der Waals surface area contributed by atoms with Crippen LogP contribution in [0.3, 0.4) is 0 Å². The summed E-state index contributed by atoms with van der Waals surface area (Å²) in [5.41, 5.74) is 4.77. The molecule has 0 bridgehead atoms. The topological polar surface area (TPSA) is 28.2 Å². The normalized spacial score (nSPS) is 10.4. The molecule has 0 spiro atoms. The lowest BCUT2D eigenvalue weighted by atomic mass is 10.1. The van der Waals surface area contributed by atoms with E-state index in [0.29, 0.717) is 0 Å². The molecule has 18 heavy (non-hydrogen) atoms. The quantitative estimate of drug-likeness (QED) is 0.914. The average Bonchev–Trinajstić information content (AvgIpc) is 2.74. The van der Waals surface area contributed by atoms with Crippen LogP contribution in [0.1, 0.15) is 16.3 Å². The second-order valence-corrected chi connectivity index (χ2v) is 5.67. The summed E-state index contributed by atoms with van der Waals surface area (Å²) < 4.78 is 0. The number of rotatable bonds is 4. The van der Waals surface area contributed by atoms with Crippen LogP contribution < -0.4 is 10.2 Å². The van der Waals surface area contributed by atoms with E-state index in [2.05, 4.69) is 59.8 Å². The first-order valence-electron chi connectivity index (χ1n) is 5.99. The highest BCUT2D eigenvalue weighted by molar-refractivity contribution is 7.09. The van der Waals surface area contributed by atoms with Gasteiger partial charge in [0.2, 0.25) is 0 Å². The number of hydrogen-bond donors (Lipinski definition) is 1. The third-order valence-corrected chi connectivity index (χ3v) is 3.65. The van der Waals surface area contributed by atoms with Crippen LogP contribution in [0.4, 0.5) is 11.4 Å². The van der Waals surface area contributed by atoms with Gasteiger partial charge in [0.1, 0.15) is 0 Å². The van der Waals surface area contributed by atoms with Crippen molar-refractivity contribution >= 4 is 22.7 Å². The van der Waals surface area contributed by atoms with Gasteiger partial charge >= 0.3 is 0 Å². The first kappa shape index (κ1) is 12.9. The number of nitrogens with zero attached hydrogens (tertiary/aromatic N) is 2. The molecular weight excluding hydrogens is 242 g/mol. The lowest BCUT2D eigenvalue weighted by Crippen LogP contribution is -2.11. The number of thiazole rings is 1. The summed E-state index contributed by atoms with van der Waals surface area (Å²) in [6.07, 6.45) is 0. The molecule has 0 unspecified atom stereocenters. The number of aromatic nitrogens is 1. The maximum atomic E-state index is 4.45. The van der Waals surface area contributed by atoms with E-state index in [1.165, 1.54) is 11.3 Å². The average molecular weight is 261 g/mol. The SMILES string of the molecule is Cc1nc(CNc2ccc(C)c(N(C)C)c2)cs1. The zero-order valence-electron chi connectivity index (χ0n) is 11.3. The first-order chi connectivity index (χ1) is 8.56. The highest BCUT2D eigenvalue weighted by Crippen LogP contribution is 2.23. The van der Waals surface area contributed by atoms with Crippen LogP contribution in [0.25, 0.3) is 0 Å². The minimum Gasteiger partial charge on any atom is -0.379 e. The molecule has 2 rings (SSSR count). The lowest BCUT2D eigenvalue weighted by molar-refractivity contribution is 1.05. The van der Waals surface area contributed by atoms with Gasteiger partial charge in [0, 0.05) is 30.9 Å². The summed E-state index contributed by atoms with van der Waals surface area (Å²) in [7, 11) is 4.13. The molecule has 1 heterocycles. The summed E-state index contributed by atoms with van der Waals surface area (Å²) in [5.74, 6) is 0. The van der Waals surface area contributed by atoms with Gasteiger partial charge in [0.25, 0.3) is 0 Å². The Hall–Kier alpha value is -1.55. The van der Waals surface area contributed by atoms with Gasteiger partial charge in [-0.2, -0.15) is 0 Å². The monoisotopic (exact) mass is 261 g/mol. The Morgan fingerprint density at radius 3 is 2.67 bits per heavy atom. The molecule has 0 fully saturated rings. The zero-order valence-corrected chi connectivity index (χ0v) is 12.1. The molecule has 0 aliphatic heterocycles. The van der Waals surface area contributed by atoms with Crippen LogP contribution in [0, 0.1) is 13.8 Å². The second-order valence-electron chi connectivity index (χ2n) is 4.61. The fraction of sp³-hybridized carbons (Fsp3) is 0.357. The molecule has 2 aromatic rings. The van der Waals surface area contributed by atoms with E-state index in [9.17, 15) is 0 Å². The van der Waals surface area contributed by atoms with E-state index in [1.54, 1.807) is 11.3 Å². The predicted molar refractivity (Wildman–Crippen MR) is 79.7 cm³/mol. The molecule has 96 valence electrons. The highest BCUT2D eigenvalue weighted by Gasteiger charge is 2.03. The molecule has 0 aliphatic carbocycles. The van der Waals surface area contributed by atoms with Crippen molar-refractivity contribution in [2.45, 2.75) is 20.4 Å². The minimum absolute atomic E-state index is 0.778. The van der Waals surface area contributed by atoms with E-state index in [-0.39, 0.29) is 0 Å². The van der Waals surface area contributed by atoms with Crippen LogP contribution in [0.5, 0.6) is 0 Å². The van der Waals surface area contributed by atoms with Gasteiger partial charge in [0.05, 0.1) is 17.2 Å². The first-order valence-corrected chi connectivity index (χ1v) is 6.87. The van der Waals surface area contributed by atoms with Crippen LogP contribution in [0.2, 0.25) is 0 Å². The Morgan fingerprint density at radius 2 is 2.06 bits per heavy atom. The van der Waals surface area contributed by atoms with E-state index < -0.39 is 0 Å². The molecule has 0 radical (unpaired) electrons. The Labute approximate surface area is 112 Å². The van der Waals surface area contributed by atoms with E-state index >= 15 is 0 Å². The molecule has 0 saturated heterocycles. The van der Waals surface area contributed by atoms with Gasteiger partial charge in [-0.15, -0.1) is 11.3 Å². The van der Waals surface area contributed by atoms with E-state index in [1.807, 2.05) is 6.92 Å². The number of hydrogen-bond acceptors (Lipinski definition) is 4. The Bertz CT molecular complexity index is 532. The molecule has 0 amide bonds. The van der Waals surface area contributed by atoms with Crippen LogP contribution >= 0.6 is 11.3 Å². The fourth-order valence-corrected chi connectivity index (χ4v) is 2.50. The molecular formula is C14H19N3S. The Morgan fingerprint density at radius 1 is 1.28 bits per heavy atom. The van der Waals surface area contributed by atoms with Gasteiger partial charge in [-0.3, -0.25) is 0 Å². The summed E-state index contributed by atoms with van der Waals surface area (Å²) in [5, 5.41) is 6.63. The Balaban J connectivity index is 2.08. The van der Waals surface area contributed by atoms with Gasteiger partial charge in [-0.25, -0.2) is 4.98 Å². The van der Waals surface area contributed by atoms with Crippen LogP contribution in [-0.2, 0) is 6.54 Å². The molecule has 1 N–H and O–H groups in total. The molecule has 4 heteroatoms. The van der Waals surface area contributed by atoms with Crippen molar-refractivity contribution in [3.63, 3.8) is 0 Å². The molecule has 1 aromatic heterocycles. The highest BCUT2D eigenvalue weighted by atomic mass is 32.1. The van der Waals surface area contributed by atoms with E-state index in [4.69, 9.17) is 0 Å². The predicted octanol–water partition coefficient (Wildman–Crippen LogP) is 3.44. The van der Waals surface area contributed by atoms with Gasteiger partial charge in [0.15, 0.2) is 0 Å². The molecule has 1 aromatic carbocycles. The second kappa shape index (κ2) is 5.40. The van der Waals surface area contributed by atoms with Crippen molar-refractivity contribution < 1.29 is 0 Å². The minimum atomic E-state index is 0.778. The molecule has 0 atom stereocenters. The van der Waals surface area contributed by atoms with Crippen LogP contribution in [0.15, 0.2) is 23.6 Å². The fourth-order valence-electron chi connectivity index (χ4n) is 1.88. The van der Waals surface area contributed by atoms with Crippen molar-refractivity contribution in [3.05, 3.63) is 39.8 Å². The van der Waals surface area contributed by atoms with Crippen molar-refractivity contribution in [1.82, 2.24) is 4.98 Å². The number of aryl methyl sites for hydroxylation is 2. The number of anilines is 2. The maximum absolute atomic E-state index is 4.45. The molecule has 0 aliphatic rings. The zero-order chi connectivity index (χ0) is 13.1. The van der Waals surface area contributed by atoms with Gasteiger partial charge in [-0.05, 0) is 31.5 Å².